The van der Waals surface area contributed by atoms with Crippen LogP contribution in [0.5, 0.6) is 5.75 Å². The van der Waals surface area contributed by atoms with Crippen LogP contribution in [0.4, 0.5) is 0 Å². The number of carbonyl (C=O) groups is 1. The molecule has 6 rings (SSSR count). The maximum atomic E-state index is 13.7. The van der Waals surface area contributed by atoms with Gasteiger partial charge < -0.3 is 14.6 Å². The number of rotatable bonds is 6. The van der Waals surface area contributed by atoms with E-state index in [4.69, 9.17) is 16.3 Å². The molecule has 0 spiro atoms. The van der Waals surface area contributed by atoms with E-state index < -0.39 is 0 Å². The van der Waals surface area contributed by atoms with Crippen molar-refractivity contribution < 1.29 is 9.53 Å². The monoisotopic (exact) mass is 492 g/mol. The lowest BCUT2D eigenvalue weighted by molar-refractivity contribution is 0.0753. The lowest BCUT2D eigenvalue weighted by Crippen LogP contribution is -2.31. The maximum absolute atomic E-state index is 13.7. The minimum atomic E-state index is -0.210. The molecule has 1 amide bonds. The molecule has 4 aromatic carbocycles. The molecule has 36 heavy (non-hydrogen) atoms. The summed E-state index contributed by atoms with van der Waals surface area (Å²) in [6.45, 7) is 0.594. The third-order valence-electron chi connectivity index (χ3n) is 6.99. The largest absolute Gasteiger partial charge is 0.497 e. The van der Waals surface area contributed by atoms with Crippen LogP contribution in [0.2, 0.25) is 5.02 Å². The van der Waals surface area contributed by atoms with Crippen molar-refractivity contribution in [2.24, 2.45) is 0 Å². The van der Waals surface area contributed by atoms with Gasteiger partial charge in [0, 0.05) is 39.2 Å². The van der Waals surface area contributed by atoms with Crippen LogP contribution in [0.15, 0.2) is 97.1 Å². The highest BCUT2D eigenvalue weighted by atomic mass is 35.5. The van der Waals surface area contributed by atoms with E-state index in [0.717, 1.165) is 56.6 Å². The zero-order valence-electron chi connectivity index (χ0n) is 19.9. The van der Waals surface area contributed by atoms with Crippen molar-refractivity contribution in [3.05, 3.63) is 124 Å². The molecule has 4 nitrogen and oxygen atoms in total. The fourth-order valence-corrected chi connectivity index (χ4v) is 5.39. The summed E-state index contributed by atoms with van der Waals surface area (Å²) in [6.07, 6.45) is 0.740. The third-order valence-corrected chi connectivity index (χ3v) is 7.24. The fraction of sp³-hybridized carbons (Fsp3) is 0.129. The summed E-state index contributed by atoms with van der Waals surface area (Å²) in [5, 5.41) is 1.82. The third kappa shape index (κ3) is 3.84. The number of fused-ring (bicyclic) bond motifs is 2. The van der Waals surface area contributed by atoms with Crippen molar-refractivity contribution in [1.82, 2.24) is 9.88 Å². The minimum absolute atomic E-state index is 0.0615. The van der Waals surface area contributed by atoms with Crippen LogP contribution in [0.1, 0.15) is 33.1 Å². The average molecular weight is 493 g/mol. The predicted octanol–water partition coefficient (Wildman–Crippen LogP) is 7.28. The Kier molecular flexibility index (Phi) is 5.74. The molecule has 5 aromatic rings. The number of halogens is 1. The Morgan fingerprint density at radius 1 is 0.917 bits per heavy atom. The zero-order valence-corrected chi connectivity index (χ0v) is 20.6. The van der Waals surface area contributed by atoms with Crippen molar-refractivity contribution in [2.75, 3.05) is 13.7 Å². The zero-order chi connectivity index (χ0) is 24.6. The van der Waals surface area contributed by atoms with E-state index >= 15 is 0 Å². The van der Waals surface area contributed by atoms with Crippen LogP contribution >= 0.6 is 11.6 Å². The number of benzene rings is 4. The van der Waals surface area contributed by atoms with Gasteiger partial charge in [0.25, 0.3) is 5.91 Å². The molecule has 0 aliphatic carbocycles. The number of nitrogens with one attached hydrogen (secondary N) is 1. The Hall–Kier alpha value is -4.02. The molecule has 5 heteroatoms. The van der Waals surface area contributed by atoms with Crippen LogP contribution in [-0.4, -0.2) is 29.4 Å². The molecule has 0 radical (unpaired) electrons. The molecular weight excluding hydrogens is 468 g/mol. The van der Waals surface area contributed by atoms with Crippen LogP contribution in [-0.2, 0) is 6.42 Å². The Morgan fingerprint density at radius 3 is 2.53 bits per heavy atom. The molecule has 0 saturated heterocycles. The Labute approximate surface area is 215 Å². The molecular formula is C31H25ClN2O2. The Balaban J connectivity index is 1.51. The van der Waals surface area contributed by atoms with Gasteiger partial charge in [0.1, 0.15) is 5.75 Å². The second kappa shape index (κ2) is 9.21. The van der Waals surface area contributed by atoms with Crippen LogP contribution in [0.25, 0.3) is 22.2 Å². The molecule has 178 valence electrons. The van der Waals surface area contributed by atoms with Crippen molar-refractivity contribution in [3.8, 4) is 17.0 Å². The number of aromatic amines is 1. The number of para-hydroxylation sites is 1. The number of amides is 1. The number of H-pyrrole nitrogens is 1. The van der Waals surface area contributed by atoms with Gasteiger partial charge in [-0.05, 0) is 53.9 Å². The second-order valence-electron chi connectivity index (χ2n) is 9.06. The number of hydrogen-bond donors (Lipinski definition) is 1. The number of hydrogen-bond acceptors (Lipinski definition) is 2. The summed E-state index contributed by atoms with van der Waals surface area (Å²) >= 11 is 6.09. The van der Waals surface area contributed by atoms with E-state index in [1.54, 1.807) is 7.11 Å². The molecule has 0 unspecified atom stereocenters. The first-order chi connectivity index (χ1) is 17.6. The van der Waals surface area contributed by atoms with Crippen molar-refractivity contribution >= 4 is 28.4 Å². The number of methoxy groups -OCH3 is 1. The van der Waals surface area contributed by atoms with Crippen molar-refractivity contribution in [2.45, 2.75) is 12.5 Å². The molecule has 1 N–H and O–H groups in total. The highest BCUT2D eigenvalue weighted by molar-refractivity contribution is 6.30. The molecule has 1 aliphatic rings. The van der Waals surface area contributed by atoms with E-state index in [1.807, 2.05) is 71.6 Å². The summed E-state index contributed by atoms with van der Waals surface area (Å²) in [5.41, 5.74) is 7.12. The number of ether oxygens (including phenoxy) is 1. The molecule has 0 saturated carbocycles. The highest BCUT2D eigenvalue weighted by Gasteiger charge is 2.39. The number of carbonyl (C=O) groups excluding carboxylic acids is 1. The SMILES string of the molecule is COc1cccc(-c2[nH]c3ccccc3c2[C@@H]2c3ccccc3C(=O)N2CCc2ccc(Cl)cc2)c1. The normalized spacial score (nSPS) is 14.9. The molecule has 1 atom stereocenters. The van der Waals surface area contributed by atoms with Gasteiger partial charge in [-0.25, -0.2) is 0 Å². The molecule has 0 bridgehead atoms. The Morgan fingerprint density at radius 2 is 1.69 bits per heavy atom. The Bertz CT molecular complexity index is 1570. The highest BCUT2D eigenvalue weighted by Crippen LogP contribution is 2.45. The minimum Gasteiger partial charge on any atom is -0.497 e. The molecule has 1 aliphatic heterocycles. The van der Waals surface area contributed by atoms with Gasteiger partial charge in [-0.2, -0.15) is 0 Å². The molecule has 1 aromatic heterocycles. The second-order valence-corrected chi connectivity index (χ2v) is 9.49. The first kappa shape index (κ1) is 22.4. The van der Waals surface area contributed by atoms with Gasteiger partial charge in [-0.15, -0.1) is 0 Å². The molecule has 0 fully saturated rings. The predicted molar refractivity (Wildman–Crippen MR) is 145 cm³/mol. The quantitative estimate of drug-likeness (QED) is 0.270. The van der Waals surface area contributed by atoms with Gasteiger partial charge in [0.05, 0.1) is 18.8 Å². The van der Waals surface area contributed by atoms with Gasteiger partial charge >= 0.3 is 0 Å². The first-order valence-electron chi connectivity index (χ1n) is 12.0. The number of aromatic nitrogens is 1. The van der Waals surface area contributed by atoms with Gasteiger partial charge in [0.2, 0.25) is 0 Å². The average Bonchev–Trinajstić information content (AvgIpc) is 3.43. The first-order valence-corrected chi connectivity index (χ1v) is 12.4. The van der Waals surface area contributed by atoms with E-state index in [9.17, 15) is 4.79 Å². The van der Waals surface area contributed by atoms with Gasteiger partial charge in [-0.3, -0.25) is 4.79 Å². The van der Waals surface area contributed by atoms with E-state index in [-0.39, 0.29) is 11.9 Å². The summed E-state index contributed by atoms with van der Waals surface area (Å²) in [4.78, 5) is 19.4. The molecule has 2 heterocycles. The summed E-state index contributed by atoms with van der Waals surface area (Å²) < 4.78 is 5.52. The van der Waals surface area contributed by atoms with E-state index in [1.165, 1.54) is 0 Å². The number of nitrogens with zero attached hydrogens (tertiary/aromatic N) is 1. The topological polar surface area (TPSA) is 45.3 Å². The summed E-state index contributed by atoms with van der Waals surface area (Å²) in [5.74, 6) is 0.853. The standard InChI is InChI=1S/C31H25ClN2O2/c1-36-23-8-6-7-21(19-23)29-28(26-11-4-5-12-27(26)33-29)30-24-9-2-3-10-25(24)31(35)34(30)18-17-20-13-15-22(32)16-14-20/h2-16,19,30,33H,17-18H2,1H3/t30-/m0/s1. The van der Waals surface area contributed by atoms with Crippen LogP contribution in [0, 0.1) is 0 Å². The van der Waals surface area contributed by atoms with E-state index in [0.29, 0.717) is 11.6 Å². The summed E-state index contributed by atoms with van der Waals surface area (Å²) in [6, 6.07) is 32.0. The van der Waals surface area contributed by atoms with Crippen LogP contribution in [0.3, 0.4) is 0 Å². The maximum Gasteiger partial charge on any atom is 0.255 e. The van der Waals surface area contributed by atoms with Gasteiger partial charge in [0.15, 0.2) is 0 Å². The lowest BCUT2D eigenvalue weighted by atomic mass is 9.93. The fourth-order valence-electron chi connectivity index (χ4n) is 5.27. The lowest BCUT2D eigenvalue weighted by Gasteiger charge is -2.27. The van der Waals surface area contributed by atoms with Gasteiger partial charge in [-0.1, -0.05) is 72.3 Å². The van der Waals surface area contributed by atoms with Crippen molar-refractivity contribution in [1.29, 1.82) is 0 Å². The smallest absolute Gasteiger partial charge is 0.255 e. The summed E-state index contributed by atoms with van der Waals surface area (Å²) in [7, 11) is 1.68. The van der Waals surface area contributed by atoms with Crippen LogP contribution < -0.4 is 4.74 Å². The van der Waals surface area contributed by atoms with E-state index in [2.05, 4.69) is 35.3 Å². The van der Waals surface area contributed by atoms with Crippen molar-refractivity contribution in [3.63, 3.8) is 0 Å².